The van der Waals surface area contributed by atoms with Crippen LogP contribution in [0, 0.1) is 5.92 Å². The van der Waals surface area contributed by atoms with E-state index in [0.29, 0.717) is 5.92 Å². The number of carbonyl (C=O) groups is 3. The molecule has 3 aliphatic rings. The van der Waals surface area contributed by atoms with Gasteiger partial charge >= 0.3 is 0 Å². The molecule has 7 nitrogen and oxygen atoms in total. The Morgan fingerprint density at radius 3 is 2.34 bits per heavy atom. The number of rotatable bonds is 5. The third-order valence-electron chi connectivity index (χ3n) is 6.43. The lowest BCUT2D eigenvalue weighted by Gasteiger charge is -2.32. The monoisotopic (exact) mass is 399 g/mol. The Bertz CT molecular complexity index is 801. The molecule has 0 radical (unpaired) electrons. The second-order valence-electron chi connectivity index (χ2n) is 8.70. The van der Waals surface area contributed by atoms with Crippen LogP contribution in [0.3, 0.4) is 0 Å². The highest BCUT2D eigenvalue weighted by Crippen LogP contribution is 2.46. The fraction of sp³-hybridized carbons (Fsp3) is 0.591. The molecule has 3 unspecified atom stereocenters. The van der Waals surface area contributed by atoms with Gasteiger partial charge in [-0.25, -0.2) is 0 Å². The van der Waals surface area contributed by atoms with Crippen molar-refractivity contribution in [3.05, 3.63) is 35.4 Å². The molecule has 1 saturated carbocycles. The average Bonchev–Trinajstić information content (AvgIpc) is 3.17. The number of carbonyl (C=O) groups excluding carboxylic acids is 3. The van der Waals surface area contributed by atoms with Gasteiger partial charge in [0.1, 0.15) is 6.54 Å². The number of fused-ring (bicyclic) bond motifs is 1. The highest BCUT2D eigenvalue weighted by atomic mass is 16.7. The van der Waals surface area contributed by atoms with Gasteiger partial charge in [-0.1, -0.05) is 57.4 Å². The van der Waals surface area contributed by atoms with E-state index in [1.807, 2.05) is 24.3 Å². The van der Waals surface area contributed by atoms with Crippen molar-refractivity contribution in [3.8, 4) is 0 Å². The minimum Gasteiger partial charge on any atom is -0.368 e. The van der Waals surface area contributed by atoms with Crippen molar-refractivity contribution in [2.45, 2.75) is 70.1 Å². The molecule has 0 aromatic heterocycles. The molecule has 4 rings (SSSR count). The largest absolute Gasteiger partial charge is 0.368 e. The molecule has 3 atom stereocenters. The van der Waals surface area contributed by atoms with E-state index in [1.54, 1.807) is 0 Å². The number of nitrogens with two attached hydrogens (primary N) is 1. The normalized spacial score (nSPS) is 28.4. The van der Waals surface area contributed by atoms with E-state index in [-0.39, 0.29) is 24.4 Å². The van der Waals surface area contributed by atoms with Crippen molar-refractivity contribution < 1.29 is 19.2 Å². The quantitative estimate of drug-likeness (QED) is 0.767. The van der Waals surface area contributed by atoms with Gasteiger partial charge in [0, 0.05) is 6.04 Å². The molecule has 1 aromatic rings. The first-order chi connectivity index (χ1) is 13.9. The van der Waals surface area contributed by atoms with Gasteiger partial charge in [0.15, 0.2) is 6.10 Å². The van der Waals surface area contributed by atoms with E-state index >= 15 is 0 Å². The summed E-state index contributed by atoms with van der Waals surface area (Å²) in [6, 6.07) is 7.43. The maximum atomic E-state index is 13.4. The van der Waals surface area contributed by atoms with Gasteiger partial charge in [-0.15, -0.1) is 0 Å². The van der Waals surface area contributed by atoms with Crippen molar-refractivity contribution in [1.29, 1.82) is 0 Å². The maximum Gasteiger partial charge on any atom is 0.261 e. The van der Waals surface area contributed by atoms with E-state index in [9.17, 15) is 14.4 Å². The number of hydroxylamine groups is 2. The van der Waals surface area contributed by atoms with Crippen LogP contribution >= 0.6 is 0 Å². The fourth-order valence-corrected chi connectivity index (χ4v) is 4.93. The Morgan fingerprint density at radius 2 is 1.76 bits per heavy atom. The Hall–Kier alpha value is -2.25. The van der Waals surface area contributed by atoms with Crippen LogP contribution in [0.5, 0.6) is 0 Å². The number of hydrogen-bond donors (Lipinski definition) is 1. The zero-order valence-electron chi connectivity index (χ0n) is 17.0. The zero-order valence-corrected chi connectivity index (χ0v) is 17.0. The smallest absolute Gasteiger partial charge is 0.261 e. The Balaban J connectivity index is 1.66. The fourth-order valence-electron chi connectivity index (χ4n) is 4.93. The summed E-state index contributed by atoms with van der Waals surface area (Å²) in [5.74, 6) is -1.28. The predicted octanol–water partition coefficient (Wildman–Crippen LogP) is 2.27. The molecule has 0 bridgehead atoms. The number of imide groups is 1. The second kappa shape index (κ2) is 7.88. The number of primary amides is 1. The van der Waals surface area contributed by atoms with Crippen LogP contribution in [-0.2, 0) is 19.2 Å². The molecule has 29 heavy (non-hydrogen) atoms. The molecule has 3 amide bonds. The number of nitrogens with zero attached hydrogens (tertiary/aromatic N) is 2. The standard InChI is InChI=1S/C22H29N3O4/c1-13(2)14-8-10-15(11-9-14)19-18-20(29-24(19)12-17(23)26)22(28)25(21(18)27)16-6-4-3-5-7-16/h8-11,13,16,18-20H,3-7,12H2,1-2H3,(H2,23,26). The van der Waals surface area contributed by atoms with E-state index in [2.05, 4.69) is 13.8 Å². The summed E-state index contributed by atoms with van der Waals surface area (Å²) in [5, 5.41) is 1.43. The van der Waals surface area contributed by atoms with Crippen molar-refractivity contribution in [1.82, 2.24) is 9.96 Å². The third kappa shape index (κ3) is 3.57. The number of benzene rings is 1. The SMILES string of the molecule is CC(C)c1ccc(C2C3C(=O)N(C4CCCCC4)C(=O)C3ON2CC(N)=O)cc1. The van der Waals surface area contributed by atoms with E-state index in [0.717, 1.165) is 37.7 Å². The lowest BCUT2D eigenvalue weighted by molar-refractivity contribution is -0.183. The molecular formula is C22H29N3O4. The van der Waals surface area contributed by atoms with E-state index in [1.165, 1.54) is 15.5 Å². The molecule has 1 aromatic carbocycles. The summed E-state index contributed by atoms with van der Waals surface area (Å²) in [4.78, 5) is 45.4. The summed E-state index contributed by atoms with van der Waals surface area (Å²) in [7, 11) is 0. The highest BCUT2D eigenvalue weighted by molar-refractivity contribution is 6.07. The molecule has 2 saturated heterocycles. The first kappa shape index (κ1) is 20.0. The highest BCUT2D eigenvalue weighted by Gasteiger charge is 2.60. The summed E-state index contributed by atoms with van der Waals surface area (Å²) in [6.07, 6.45) is 4.05. The maximum absolute atomic E-state index is 13.4. The minimum absolute atomic E-state index is 0.0356. The van der Waals surface area contributed by atoms with Crippen LogP contribution in [0.4, 0.5) is 0 Å². The predicted molar refractivity (Wildman–Crippen MR) is 106 cm³/mol. The van der Waals surface area contributed by atoms with Gasteiger partial charge in [-0.05, 0) is 29.9 Å². The summed E-state index contributed by atoms with van der Waals surface area (Å²) in [6.45, 7) is 4.07. The van der Waals surface area contributed by atoms with Crippen molar-refractivity contribution in [2.24, 2.45) is 11.7 Å². The van der Waals surface area contributed by atoms with E-state index < -0.39 is 24.0 Å². The van der Waals surface area contributed by atoms with Gasteiger partial charge in [-0.3, -0.25) is 24.1 Å². The molecular weight excluding hydrogens is 370 g/mol. The molecule has 2 aliphatic heterocycles. The van der Waals surface area contributed by atoms with Gasteiger partial charge < -0.3 is 5.73 Å². The molecule has 156 valence electrons. The van der Waals surface area contributed by atoms with Gasteiger partial charge in [0.2, 0.25) is 11.8 Å². The van der Waals surface area contributed by atoms with Gasteiger partial charge in [0.05, 0.1) is 12.0 Å². The third-order valence-corrected chi connectivity index (χ3v) is 6.43. The number of likely N-dealkylation sites (tertiary alicyclic amines) is 1. The van der Waals surface area contributed by atoms with Crippen molar-refractivity contribution in [2.75, 3.05) is 6.54 Å². The molecule has 2 heterocycles. The lowest BCUT2D eigenvalue weighted by atomic mass is 9.89. The molecule has 3 fully saturated rings. The average molecular weight is 399 g/mol. The van der Waals surface area contributed by atoms with Crippen LogP contribution in [0.25, 0.3) is 0 Å². The zero-order chi connectivity index (χ0) is 20.7. The topological polar surface area (TPSA) is 92.9 Å². The van der Waals surface area contributed by atoms with Crippen LogP contribution < -0.4 is 5.73 Å². The summed E-state index contributed by atoms with van der Waals surface area (Å²) >= 11 is 0. The molecule has 2 N–H and O–H groups in total. The van der Waals surface area contributed by atoms with Crippen molar-refractivity contribution >= 4 is 17.7 Å². The summed E-state index contributed by atoms with van der Waals surface area (Å²) < 4.78 is 0. The van der Waals surface area contributed by atoms with Crippen molar-refractivity contribution in [3.63, 3.8) is 0 Å². The van der Waals surface area contributed by atoms with Crippen LogP contribution in [-0.4, -0.2) is 46.4 Å². The molecule has 1 aliphatic carbocycles. The molecule has 0 spiro atoms. The lowest BCUT2D eigenvalue weighted by Crippen LogP contribution is -2.45. The first-order valence-electron chi connectivity index (χ1n) is 10.6. The van der Waals surface area contributed by atoms with Crippen LogP contribution in [0.1, 0.15) is 69.0 Å². The second-order valence-corrected chi connectivity index (χ2v) is 8.70. The number of hydrogen-bond acceptors (Lipinski definition) is 5. The Kier molecular flexibility index (Phi) is 5.44. The first-order valence-corrected chi connectivity index (χ1v) is 10.6. The number of amides is 3. The van der Waals surface area contributed by atoms with Gasteiger partial charge in [0.25, 0.3) is 5.91 Å². The van der Waals surface area contributed by atoms with Crippen LogP contribution in [0.15, 0.2) is 24.3 Å². The Labute approximate surface area is 171 Å². The minimum atomic E-state index is -0.876. The molecule has 7 heteroatoms. The Morgan fingerprint density at radius 1 is 1.10 bits per heavy atom. The van der Waals surface area contributed by atoms with Gasteiger partial charge in [-0.2, -0.15) is 5.06 Å². The summed E-state index contributed by atoms with van der Waals surface area (Å²) in [5.41, 5.74) is 7.44. The van der Waals surface area contributed by atoms with Crippen LogP contribution in [0.2, 0.25) is 0 Å². The van der Waals surface area contributed by atoms with E-state index in [4.69, 9.17) is 10.6 Å².